The van der Waals surface area contributed by atoms with Crippen LogP contribution in [0.3, 0.4) is 0 Å². The van der Waals surface area contributed by atoms with E-state index < -0.39 is 5.97 Å². The molecule has 1 N–H and O–H groups in total. The Balaban J connectivity index is 1.99. The molecule has 94 valence electrons. The largest absolute Gasteiger partial charge is 0.481 e. The van der Waals surface area contributed by atoms with Gasteiger partial charge in [0.15, 0.2) is 0 Å². The van der Waals surface area contributed by atoms with Gasteiger partial charge in [-0.05, 0) is 49.9 Å². The van der Waals surface area contributed by atoms with Crippen molar-refractivity contribution in [3.63, 3.8) is 0 Å². The Hall–Kier alpha value is -1.05. The number of carboxylic acid groups (broad SMARTS) is 1. The average molecular weight is 234 g/mol. The highest BCUT2D eigenvalue weighted by Gasteiger charge is 2.49. The Kier molecular flexibility index (Phi) is 3.15. The molecular weight excluding hydrogens is 212 g/mol. The van der Waals surface area contributed by atoms with Gasteiger partial charge in [-0.15, -0.1) is 0 Å². The third kappa shape index (κ3) is 2.05. The van der Waals surface area contributed by atoms with E-state index in [2.05, 4.69) is 13.5 Å². The first-order valence-electron chi connectivity index (χ1n) is 6.54. The number of allylic oxidation sites excluding steroid dienone is 2. The van der Waals surface area contributed by atoms with Gasteiger partial charge < -0.3 is 5.11 Å². The Labute approximate surface area is 103 Å². The van der Waals surface area contributed by atoms with Gasteiger partial charge in [0.1, 0.15) is 0 Å². The first-order chi connectivity index (χ1) is 7.95. The number of aliphatic carboxylic acids is 1. The quantitative estimate of drug-likeness (QED) is 0.754. The van der Waals surface area contributed by atoms with Crippen molar-refractivity contribution in [1.82, 2.24) is 0 Å². The second kappa shape index (κ2) is 4.32. The van der Waals surface area contributed by atoms with E-state index in [1.54, 1.807) is 6.92 Å². The van der Waals surface area contributed by atoms with Gasteiger partial charge in [0.25, 0.3) is 0 Å². The summed E-state index contributed by atoms with van der Waals surface area (Å²) in [5, 5.41) is 8.83. The van der Waals surface area contributed by atoms with E-state index in [4.69, 9.17) is 5.11 Å². The predicted molar refractivity (Wildman–Crippen MR) is 68.6 cm³/mol. The van der Waals surface area contributed by atoms with E-state index in [-0.39, 0.29) is 11.3 Å². The molecule has 4 unspecified atom stereocenters. The molecule has 0 heterocycles. The number of carbonyl (C=O) groups is 1. The fourth-order valence-electron chi connectivity index (χ4n) is 3.50. The summed E-state index contributed by atoms with van der Waals surface area (Å²) < 4.78 is 0. The van der Waals surface area contributed by atoms with Crippen molar-refractivity contribution in [3.8, 4) is 0 Å². The third-order valence-electron chi connectivity index (χ3n) is 4.92. The Morgan fingerprint density at radius 3 is 2.88 bits per heavy atom. The Bertz CT molecular complexity index is 369. The number of fused-ring (bicyclic) bond motifs is 2. The lowest BCUT2D eigenvalue weighted by molar-refractivity contribution is -0.139. The number of hydrogen-bond acceptors (Lipinski definition) is 1. The highest BCUT2D eigenvalue weighted by Crippen LogP contribution is 2.60. The maximum absolute atomic E-state index is 10.7. The normalized spacial score (nSPS) is 37.9. The van der Waals surface area contributed by atoms with Gasteiger partial charge in [-0.3, -0.25) is 4.79 Å². The van der Waals surface area contributed by atoms with Gasteiger partial charge in [-0.25, -0.2) is 0 Å². The molecule has 0 aliphatic heterocycles. The van der Waals surface area contributed by atoms with Crippen LogP contribution in [-0.2, 0) is 4.79 Å². The van der Waals surface area contributed by atoms with Crippen LogP contribution in [0.4, 0.5) is 0 Å². The van der Waals surface area contributed by atoms with Crippen LogP contribution in [0, 0.1) is 23.2 Å². The van der Waals surface area contributed by atoms with Gasteiger partial charge in [0.2, 0.25) is 0 Å². The molecule has 2 aliphatic carbocycles. The minimum Gasteiger partial charge on any atom is -0.481 e. The molecule has 0 aromatic rings. The summed E-state index contributed by atoms with van der Waals surface area (Å²) in [6.45, 7) is 8.29. The Morgan fingerprint density at radius 1 is 1.65 bits per heavy atom. The average Bonchev–Trinajstić information content (AvgIpc) is 2.83. The van der Waals surface area contributed by atoms with Crippen LogP contribution in [0.2, 0.25) is 0 Å². The molecule has 2 rings (SSSR count). The highest BCUT2D eigenvalue weighted by atomic mass is 16.4. The molecule has 0 spiro atoms. The first kappa shape index (κ1) is 12.4. The molecule has 2 nitrogen and oxygen atoms in total. The fourth-order valence-corrected chi connectivity index (χ4v) is 3.50. The first-order valence-corrected chi connectivity index (χ1v) is 6.54. The van der Waals surface area contributed by atoms with Crippen LogP contribution in [0.1, 0.15) is 39.5 Å². The second-order valence-corrected chi connectivity index (χ2v) is 5.91. The van der Waals surface area contributed by atoms with E-state index in [9.17, 15) is 4.79 Å². The van der Waals surface area contributed by atoms with Gasteiger partial charge in [-0.1, -0.05) is 31.2 Å². The number of hydrogen-bond donors (Lipinski definition) is 1. The molecule has 17 heavy (non-hydrogen) atoms. The fraction of sp³-hybridized carbons (Fsp3) is 0.667. The lowest BCUT2D eigenvalue weighted by Crippen LogP contribution is -2.25. The van der Waals surface area contributed by atoms with Gasteiger partial charge in [0.05, 0.1) is 5.92 Å². The molecule has 2 fully saturated rings. The highest BCUT2D eigenvalue weighted by molar-refractivity contribution is 5.71. The molecule has 0 aromatic heterocycles. The maximum Gasteiger partial charge on any atom is 0.310 e. The summed E-state index contributed by atoms with van der Waals surface area (Å²) in [7, 11) is 0. The van der Waals surface area contributed by atoms with Crippen molar-refractivity contribution < 1.29 is 9.90 Å². The van der Waals surface area contributed by atoms with Crippen molar-refractivity contribution in [2.24, 2.45) is 23.2 Å². The van der Waals surface area contributed by atoms with Crippen molar-refractivity contribution in [1.29, 1.82) is 0 Å². The summed E-state index contributed by atoms with van der Waals surface area (Å²) in [5.41, 5.74) is 1.62. The predicted octanol–water partition coefficient (Wildman–Crippen LogP) is 3.65. The van der Waals surface area contributed by atoms with E-state index >= 15 is 0 Å². The van der Waals surface area contributed by atoms with Crippen molar-refractivity contribution >= 4 is 5.97 Å². The van der Waals surface area contributed by atoms with E-state index in [1.807, 2.05) is 12.2 Å². The summed E-state index contributed by atoms with van der Waals surface area (Å²) >= 11 is 0. The van der Waals surface area contributed by atoms with Crippen molar-refractivity contribution in [3.05, 3.63) is 24.3 Å². The van der Waals surface area contributed by atoms with Gasteiger partial charge >= 0.3 is 5.97 Å². The zero-order chi connectivity index (χ0) is 12.6. The molecule has 2 aliphatic rings. The SMILES string of the molecule is C=C1C2CCC(C2)C1(C)CC=CC(C)C(=O)O. The molecule has 2 bridgehead atoms. The van der Waals surface area contributed by atoms with Gasteiger partial charge in [0, 0.05) is 0 Å². The van der Waals surface area contributed by atoms with Crippen molar-refractivity contribution in [2.45, 2.75) is 39.5 Å². The molecular formula is C15H22O2. The minimum atomic E-state index is -0.752. The summed E-state index contributed by atoms with van der Waals surface area (Å²) in [6.07, 6.45) is 8.75. The molecule has 0 aromatic carbocycles. The maximum atomic E-state index is 10.7. The molecule has 4 atom stereocenters. The molecule has 2 saturated carbocycles. The number of carboxylic acids is 1. The molecule has 0 amide bonds. The molecule has 0 radical (unpaired) electrons. The smallest absolute Gasteiger partial charge is 0.310 e. The van der Waals surface area contributed by atoms with Crippen LogP contribution in [0.25, 0.3) is 0 Å². The van der Waals surface area contributed by atoms with Crippen molar-refractivity contribution in [2.75, 3.05) is 0 Å². The van der Waals surface area contributed by atoms with Crippen LogP contribution in [0.15, 0.2) is 24.3 Å². The Morgan fingerprint density at radius 2 is 2.35 bits per heavy atom. The number of rotatable bonds is 4. The second-order valence-electron chi connectivity index (χ2n) is 5.91. The van der Waals surface area contributed by atoms with Gasteiger partial charge in [-0.2, -0.15) is 0 Å². The zero-order valence-electron chi connectivity index (χ0n) is 10.8. The molecule has 0 saturated heterocycles. The van der Waals surface area contributed by atoms with Crippen LogP contribution < -0.4 is 0 Å². The standard InChI is InChI=1S/C15H22O2/c1-10(14(16)17)5-4-8-15(3)11(2)12-6-7-13(15)9-12/h4-5,10,12-13H,2,6-9H2,1,3H3,(H,16,17). The zero-order valence-corrected chi connectivity index (χ0v) is 10.8. The topological polar surface area (TPSA) is 37.3 Å². The lowest BCUT2D eigenvalue weighted by atomic mass is 9.69. The third-order valence-corrected chi connectivity index (χ3v) is 4.92. The van der Waals surface area contributed by atoms with Crippen LogP contribution in [0.5, 0.6) is 0 Å². The van der Waals surface area contributed by atoms with E-state index in [1.165, 1.54) is 24.8 Å². The van der Waals surface area contributed by atoms with E-state index in [0.717, 1.165) is 18.3 Å². The van der Waals surface area contributed by atoms with E-state index in [0.29, 0.717) is 0 Å². The van der Waals surface area contributed by atoms with Crippen LogP contribution >= 0.6 is 0 Å². The van der Waals surface area contributed by atoms with Crippen LogP contribution in [-0.4, -0.2) is 11.1 Å². The minimum absolute atomic E-state index is 0.220. The molecule has 2 heteroatoms. The monoisotopic (exact) mass is 234 g/mol. The lowest BCUT2D eigenvalue weighted by Gasteiger charge is -2.35. The summed E-state index contributed by atoms with van der Waals surface area (Å²) in [4.78, 5) is 10.7. The summed E-state index contributed by atoms with van der Waals surface area (Å²) in [6, 6.07) is 0. The summed E-state index contributed by atoms with van der Waals surface area (Å²) in [5.74, 6) is 0.365.